The molecular formula is C14H22N4S. The number of benzene rings is 1. The first-order valence-electron chi connectivity index (χ1n) is 6.63. The van der Waals surface area contributed by atoms with Gasteiger partial charge in [-0.3, -0.25) is 4.99 Å². The van der Waals surface area contributed by atoms with E-state index in [0.717, 1.165) is 25.6 Å². The molecule has 1 aromatic carbocycles. The van der Waals surface area contributed by atoms with Gasteiger partial charge in [0.1, 0.15) is 0 Å². The molecule has 2 rings (SSSR count). The molecule has 1 heterocycles. The molecule has 0 atom stereocenters. The van der Waals surface area contributed by atoms with Crippen LogP contribution in [0.3, 0.4) is 0 Å². The molecule has 0 unspecified atom stereocenters. The van der Waals surface area contributed by atoms with Crippen LogP contribution in [0.25, 0.3) is 0 Å². The average molecular weight is 278 g/mol. The zero-order chi connectivity index (χ0) is 13.5. The minimum Gasteiger partial charge on any atom is -0.370 e. The number of nitrogens with one attached hydrogen (secondary N) is 2. The zero-order valence-corrected chi connectivity index (χ0v) is 12.5. The summed E-state index contributed by atoms with van der Waals surface area (Å²) in [5, 5.41) is 6.27. The van der Waals surface area contributed by atoms with Gasteiger partial charge in [0.2, 0.25) is 0 Å². The van der Waals surface area contributed by atoms with Crippen molar-refractivity contribution in [2.45, 2.75) is 6.54 Å². The molecule has 4 nitrogen and oxygen atoms in total. The van der Waals surface area contributed by atoms with E-state index in [2.05, 4.69) is 44.8 Å². The normalized spacial score (nSPS) is 16.3. The molecule has 5 heteroatoms. The van der Waals surface area contributed by atoms with Crippen LogP contribution in [0.4, 0.5) is 5.69 Å². The lowest BCUT2D eigenvalue weighted by atomic mass is 10.2. The van der Waals surface area contributed by atoms with E-state index in [4.69, 9.17) is 0 Å². The van der Waals surface area contributed by atoms with E-state index in [1.165, 1.54) is 22.8 Å². The summed E-state index contributed by atoms with van der Waals surface area (Å²) >= 11 is 2.04. The largest absolute Gasteiger partial charge is 0.370 e. The maximum Gasteiger partial charge on any atom is 0.190 e. The smallest absolute Gasteiger partial charge is 0.190 e. The van der Waals surface area contributed by atoms with Crippen LogP contribution in [0.2, 0.25) is 0 Å². The van der Waals surface area contributed by atoms with Crippen molar-refractivity contribution in [3.05, 3.63) is 29.8 Å². The van der Waals surface area contributed by atoms with Gasteiger partial charge in [0.25, 0.3) is 0 Å². The molecule has 1 aliphatic rings. The van der Waals surface area contributed by atoms with Crippen molar-refractivity contribution < 1.29 is 0 Å². The van der Waals surface area contributed by atoms with E-state index >= 15 is 0 Å². The van der Waals surface area contributed by atoms with E-state index in [1.807, 2.05) is 18.8 Å². The number of rotatable bonds is 3. The van der Waals surface area contributed by atoms with Gasteiger partial charge in [-0.25, -0.2) is 0 Å². The summed E-state index contributed by atoms with van der Waals surface area (Å²) < 4.78 is 0. The quantitative estimate of drug-likeness (QED) is 0.650. The highest BCUT2D eigenvalue weighted by molar-refractivity contribution is 7.99. The molecule has 1 fully saturated rings. The second-order valence-electron chi connectivity index (χ2n) is 4.44. The van der Waals surface area contributed by atoms with Gasteiger partial charge in [-0.05, 0) is 17.7 Å². The summed E-state index contributed by atoms with van der Waals surface area (Å²) in [7, 11) is 3.64. The maximum absolute atomic E-state index is 4.10. The van der Waals surface area contributed by atoms with Crippen LogP contribution in [0.1, 0.15) is 5.56 Å². The van der Waals surface area contributed by atoms with Crippen molar-refractivity contribution in [2.24, 2.45) is 4.99 Å². The van der Waals surface area contributed by atoms with Gasteiger partial charge in [-0.2, -0.15) is 11.8 Å². The predicted octanol–water partition coefficient (Wildman–Crippen LogP) is 1.53. The van der Waals surface area contributed by atoms with Crippen LogP contribution in [-0.4, -0.2) is 44.7 Å². The Morgan fingerprint density at radius 1 is 1.26 bits per heavy atom. The average Bonchev–Trinajstić information content (AvgIpc) is 2.50. The Labute approximate surface area is 119 Å². The van der Waals surface area contributed by atoms with E-state index in [9.17, 15) is 0 Å². The number of nitrogens with zero attached hydrogens (tertiary/aromatic N) is 2. The molecule has 0 aliphatic carbocycles. The summed E-state index contributed by atoms with van der Waals surface area (Å²) in [6, 6.07) is 8.81. The Hall–Kier alpha value is -1.36. The van der Waals surface area contributed by atoms with Crippen molar-refractivity contribution in [3.63, 3.8) is 0 Å². The minimum absolute atomic E-state index is 0.795. The number of thioether (sulfide) groups is 1. The molecule has 0 bridgehead atoms. The number of aliphatic imine (C=N–C) groups is 1. The van der Waals surface area contributed by atoms with Crippen LogP contribution < -0.4 is 15.5 Å². The van der Waals surface area contributed by atoms with Crippen molar-refractivity contribution in [1.29, 1.82) is 0 Å². The molecule has 2 N–H and O–H groups in total. The topological polar surface area (TPSA) is 39.7 Å². The lowest BCUT2D eigenvalue weighted by molar-refractivity contribution is 0.850. The van der Waals surface area contributed by atoms with Crippen LogP contribution in [0.15, 0.2) is 29.3 Å². The van der Waals surface area contributed by atoms with Crippen molar-refractivity contribution in [2.75, 3.05) is 43.6 Å². The lowest BCUT2D eigenvalue weighted by Crippen LogP contribution is -2.34. The third-order valence-electron chi connectivity index (χ3n) is 3.23. The summed E-state index contributed by atoms with van der Waals surface area (Å²) in [6.07, 6.45) is 0. The van der Waals surface area contributed by atoms with Crippen LogP contribution in [-0.2, 0) is 6.54 Å². The molecule has 0 spiro atoms. The molecular weight excluding hydrogens is 256 g/mol. The van der Waals surface area contributed by atoms with Crippen LogP contribution in [0.5, 0.6) is 0 Å². The number of hydrogen-bond acceptors (Lipinski definition) is 3. The second kappa shape index (κ2) is 7.28. The Morgan fingerprint density at radius 3 is 2.53 bits per heavy atom. The van der Waals surface area contributed by atoms with E-state index in [-0.39, 0.29) is 0 Å². The highest BCUT2D eigenvalue weighted by Crippen LogP contribution is 2.19. The van der Waals surface area contributed by atoms with E-state index < -0.39 is 0 Å². The zero-order valence-electron chi connectivity index (χ0n) is 11.6. The maximum atomic E-state index is 4.10. The molecule has 0 amide bonds. The van der Waals surface area contributed by atoms with Crippen molar-refractivity contribution >= 4 is 23.4 Å². The summed E-state index contributed by atoms with van der Waals surface area (Å²) in [4.78, 5) is 6.56. The predicted molar refractivity (Wildman–Crippen MR) is 85.2 cm³/mol. The van der Waals surface area contributed by atoms with Gasteiger partial charge in [0.15, 0.2) is 5.96 Å². The standard InChI is InChI=1S/C14H22N4S/c1-15-14(16-2)17-11-12-3-5-13(6-4-12)18-7-9-19-10-8-18/h3-6H,7-11H2,1-2H3,(H2,15,16,17). The Balaban J connectivity index is 1.90. The fourth-order valence-electron chi connectivity index (χ4n) is 2.11. The SMILES string of the molecule is CN=C(NC)NCc1ccc(N2CCSCC2)cc1. The van der Waals surface area contributed by atoms with Gasteiger partial charge in [0.05, 0.1) is 0 Å². The summed E-state index contributed by atoms with van der Waals surface area (Å²) in [5.74, 6) is 3.29. The Bertz CT molecular complexity index is 410. The number of hydrogen-bond donors (Lipinski definition) is 2. The number of guanidine groups is 1. The molecule has 0 radical (unpaired) electrons. The van der Waals surface area contributed by atoms with Gasteiger partial charge in [0, 0.05) is 50.9 Å². The first-order chi connectivity index (χ1) is 9.33. The Morgan fingerprint density at radius 2 is 1.95 bits per heavy atom. The van der Waals surface area contributed by atoms with E-state index in [1.54, 1.807) is 7.05 Å². The molecule has 1 saturated heterocycles. The summed E-state index contributed by atoms with van der Waals surface area (Å²) in [5.41, 5.74) is 2.61. The third-order valence-corrected chi connectivity index (χ3v) is 4.18. The number of anilines is 1. The van der Waals surface area contributed by atoms with Crippen molar-refractivity contribution in [3.8, 4) is 0 Å². The van der Waals surface area contributed by atoms with Gasteiger partial charge in [-0.1, -0.05) is 12.1 Å². The van der Waals surface area contributed by atoms with Gasteiger partial charge >= 0.3 is 0 Å². The molecule has 1 aromatic rings. The van der Waals surface area contributed by atoms with Crippen LogP contribution >= 0.6 is 11.8 Å². The van der Waals surface area contributed by atoms with Crippen LogP contribution in [0, 0.1) is 0 Å². The fraction of sp³-hybridized carbons (Fsp3) is 0.500. The Kier molecular flexibility index (Phi) is 5.39. The minimum atomic E-state index is 0.795. The second-order valence-corrected chi connectivity index (χ2v) is 5.67. The summed E-state index contributed by atoms with van der Waals surface area (Å²) in [6.45, 7) is 3.12. The molecule has 104 valence electrons. The molecule has 0 saturated carbocycles. The highest BCUT2D eigenvalue weighted by atomic mass is 32.2. The molecule has 19 heavy (non-hydrogen) atoms. The fourth-order valence-corrected chi connectivity index (χ4v) is 3.01. The van der Waals surface area contributed by atoms with Gasteiger partial charge in [-0.15, -0.1) is 0 Å². The first kappa shape index (κ1) is 14.1. The third kappa shape index (κ3) is 4.06. The molecule has 1 aliphatic heterocycles. The van der Waals surface area contributed by atoms with E-state index in [0.29, 0.717) is 0 Å². The van der Waals surface area contributed by atoms with Gasteiger partial charge < -0.3 is 15.5 Å². The molecule has 0 aromatic heterocycles. The lowest BCUT2D eigenvalue weighted by Gasteiger charge is -2.28. The highest BCUT2D eigenvalue weighted by Gasteiger charge is 2.10. The first-order valence-corrected chi connectivity index (χ1v) is 7.79. The van der Waals surface area contributed by atoms with Crippen molar-refractivity contribution in [1.82, 2.24) is 10.6 Å². The monoisotopic (exact) mass is 278 g/mol.